The van der Waals surface area contributed by atoms with Crippen LogP contribution in [0.15, 0.2) is 42.6 Å². The summed E-state index contributed by atoms with van der Waals surface area (Å²) in [7, 11) is 0. The molecule has 1 heterocycles. The van der Waals surface area contributed by atoms with Gasteiger partial charge < -0.3 is 10.1 Å². The Morgan fingerprint density at radius 2 is 2.12 bits per heavy atom. The van der Waals surface area contributed by atoms with Gasteiger partial charge in [0.25, 0.3) is 5.91 Å². The molecule has 5 heteroatoms. The number of amides is 1. The molecule has 1 aromatic carbocycles. The lowest BCUT2D eigenvalue weighted by Gasteiger charge is -2.28. The molecule has 0 radical (unpaired) electrons. The van der Waals surface area contributed by atoms with Gasteiger partial charge in [-0.15, -0.1) is 0 Å². The van der Waals surface area contributed by atoms with Gasteiger partial charge in [0.15, 0.2) is 6.73 Å². The molecule has 132 valence electrons. The molecule has 2 saturated carbocycles. The third kappa shape index (κ3) is 3.55. The van der Waals surface area contributed by atoms with E-state index in [0.29, 0.717) is 18.3 Å². The Balaban J connectivity index is 1.31. The average Bonchev–Trinajstić information content (AvgIpc) is 3.37. The van der Waals surface area contributed by atoms with Crippen LogP contribution in [-0.2, 0) is 6.73 Å². The van der Waals surface area contributed by atoms with Crippen molar-refractivity contribution in [2.24, 2.45) is 17.8 Å². The summed E-state index contributed by atoms with van der Waals surface area (Å²) in [6.45, 7) is 2.43. The fraction of sp³-hybridized carbons (Fsp3) is 0.500. The predicted octanol–water partition coefficient (Wildman–Crippen LogP) is 3.47. The molecule has 4 atom stereocenters. The summed E-state index contributed by atoms with van der Waals surface area (Å²) in [5.41, 5.74) is 0.451. The summed E-state index contributed by atoms with van der Waals surface area (Å²) in [6, 6.07) is 11.6. The van der Waals surface area contributed by atoms with Gasteiger partial charge in [0.1, 0.15) is 11.4 Å². The molecule has 1 N–H and O–H groups in total. The molecule has 2 aliphatic rings. The monoisotopic (exact) mass is 339 g/mol. The highest BCUT2D eigenvalue weighted by molar-refractivity contribution is 5.92. The molecule has 2 fully saturated rings. The zero-order valence-electron chi connectivity index (χ0n) is 14.6. The van der Waals surface area contributed by atoms with Crippen molar-refractivity contribution in [3.63, 3.8) is 0 Å². The maximum Gasteiger partial charge on any atom is 0.271 e. The average molecular weight is 339 g/mol. The fourth-order valence-corrected chi connectivity index (χ4v) is 4.51. The van der Waals surface area contributed by atoms with Crippen molar-refractivity contribution in [2.45, 2.75) is 45.4 Å². The highest BCUT2D eigenvalue weighted by Crippen LogP contribution is 2.49. The maximum absolute atomic E-state index is 12.5. The number of para-hydroxylation sites is 1. The van der Waals surface area contributed by atoms with Crippen LogP contribution < -0.4 is 10.1 Å². The van der Waals surface area contributed by atoms with Crippen molar-refractivity contribution in [1.82, 2.24) is 15.1 Å². The first-order valence-corrected chi connectivity index (χ1v) is 9.21. The Hall–Kier alpha value is -2.30. The van der Waals surface area contributed by atoms with E-state index in [1.807, 2.05) is 30.3 Å². The minimum atomic E-state index is -0.0891. The quantitative estimate of drug-likeness (QED) is 0.877. The smallest absolute Gasteiger partial charge is 0.271 e. The molecule has 0 spiro atoms. The van der Waals surface area contributed by atoms with E-state index < -0.39 is 0 Å². The van der Waals surface area contributed by atoms with Crippen molar-refractivity contribution in [1.29, 1.82) is 0 Å². The molecule has 2 bridgehead atoms. The molecule has 1 aromatic heterocycles. The number of carbonyl (C=O) groups is 1. The van der Waals surface area contributed by atoms with Gasteiger partial charge in [0.05, 0.1) is 0 Å². The Kier molecular flexibility index (Phi) is 4.47. The second kappa shape index (κ2) is 6.90. The summed E-state index contributed by atoms with van der Waals surface area (Å²) >= 11 is 0. The zero-order chi connectivity index (χ0) is 17.2. The van der Waals surface area contributed by atoms with E-state index in [9.17, 15) is 4.79 Å². The number of hydrogen-bond donors (Lipinski definition) is 1. The second-order valence-corrected chi connectivity index (χ2v) is 7.43. The number of nitrogens with zero attached hydrogens (tertiary/aromatic N) is 2. The standard InChI is InChI=1S/C20H25N3O2/c1-14(18-12-15-7-8-16(18)11-15)21-20(24)19-9-10-23(22-19)13-25-17-5-3-2-4-6-17/h2-6,9-10,14-16,18H,7-8,11-13H2,1H3,(H,21,24). The van der Waals surface area contributed by atoms with Crippen LogP contribution in [0.4, 0.5) is 0 Å². The molecule has 25 heavy (non-hydrogen) atoms. The van der Waals surface area contributed by atoms with E-state index in [-0.39, 0.29) is 11.9 Å². The molecule has 4 rings (SSSR count). The van der Waals surface area contributed by atoms with Gasteiger partial charge in [0.2, 0.25) is 0 Å². The Morgan fingerprint density at radius 1 is 1.28 bits per heavy atom. The van der Waals surface area contributed by atoms with Crippen LogP contribution in [0.5, 0.6) is 5.75 Å². The number of rotatable bonds is 6. The van der Waals surface area contributed by atoms with Crippen LogP contribution in [0.2, 0.25) is 0 Å². The first-order chi connectivity index (χ1) is 12.2. The van der Waals surface area contributed by atoms with E-state index in [0.717, 1.165) is 17.6 Å². The van der Waals surface area contributed by atoms with E-state index in [2.05, 4.69) is 17.3 Å². The molecular formula is C20H25N3O2. The highest BCUT2D eigenvalue weighted by atomic mass is 16.5. The first-order valence-electron chi connectivity index (χ1n) is 9.21. The number of fused-ring (bicyclic) bond motifs is 2. The number of carbonyl (C=O) groups excluding carboxylic acids is 1. The molecule has 5 nitrogen and oxygen atoms in total. The largest absolute Gasteiger partial charge is 0.471 e. The normalized spacial score (nSPS) is 25.7. The van der Waals surface area contributed by atoms with Gasteiger partial charge in [0, 0.05) is 12.2 Å². The van der Waals surface area contributed by atoms with Crippen LogP contribution >= 0.6 is 0 Å². The van der Waals surface area contributed by atoms with Crippen LogP contribution in [0, 0.1) is 17.8 Å². The van der Waals surface area contributed by atoms with Gasteiger partial charge in [-0.1, -0.05) is 24.6 Å². The topological polar surface area (TPSA) is 56.2 Å². The summed E-state index contributed by atoms with van der Waals surface area (Å²) in [5, 5.41) is 7.49. The predicted molar refractivity (Wildman–Crippen MR) is 95.2 cm³/mol. The molecule has 4 unspecified atom stereocenters. The molecule has 2 aromatic rings. The summed E-state index contributed by atoms with van der Waals surface area (Å²) in [6.07, 6.45) is 7.12. The van der Waals surface area contributed by atoms with Gasteiger partial charge >= 0.3 is 0 Å². The zero-order valence-corrected chi connectivity index (χ0v) is 14.6. The van der Waals surface area contributed by atoms with Crippen molar-refractivity contribution in [3.8, 4) is 5.75 Å². The molecular weight excluding hydrogens is 314 g/mol. The lowest BCUT2D eigenvalue weighted by atomic mass is 9.84. The lowest BCUT2D eigenvalue weighted by Crippen LogP contribution is -2.40. The third-order valence-corrected chi connectivity index (χ3v) is 5.77. The van der Waals surface area contributed by atoms with Crippen LogP contribution in [0.25, 0.3) is 0 Å². The van der Waals surface area contributed by atoms with Gasteiger partial charge in [-0.3, -0.25) is 4.79 Å². The van der Waals surface area contributed by atoms with E-state index in [4.69, 9.17) is 4.74 Å². The van der Waals surface area contributed by atoms with E-state index >= 15 is 0 Å². The van der Waals surface area contributed by atoms with Crippen LogP contribution in [-0.4, -0.2) is 21.7 Å². The Bertz CT molecular complexity index is 728. The van der Waals surface area contributed by atoms with E-state index in [1.54, 1.807) is 16.9 Å². The van der Waals surface area contributed by atoms with Crippen LogP contribution in [0.1, 0.15) is 43.1 Å². The van der Waals surface area contributed by atoms with E-state index in [1.165, 1.54) is 25.7 Å². The number of ether oxygens (including phenoxy) is 1. The maximum atomic E-state index is 12.5. The highest BCUT2D eigenvalue weighted by Gasteiger charge is 2.42. The molecule has 0 saturated heterocycles. The fourth-order valence-electron chi connectivity index (χ4n) is 4.51. The minimum absolute atomic E-state index is 0.0891. The number of benzene rings is 1. The van der Waals surface area contributed by atoms with Crippen molar-refractivity contribution in [3.05, 3.63) is 48.3 Å². The second-order valence-electron chi connectivity index (χ2n) is 7.43. The van der Waals surface area contributed by atoms with Gasteiger partial charge in [-0.05, 0) is 62.1 Å². The molecule has 0 aliphatic heterocycles. The number of aromatic nitrogens is 2. The van der Waals surface area contributed by atoms with Crippen molar-refractivity contribution >= 4 is 5.91 Å². The van der Waals surface area contributed by atoms with Crippen molar-refractivity contribution < 1.29 is 9.53 Å². The third-order valence-electron chi connectivity index (χ3n) is 5.77. The van der Waals surface area contributed by atoms with Crippen LogP contribution in [0.3, 0.4) is 0 Å². The number of nitrogens with one attached hydrogen (secondary N) is 1. The molecule has 1 amide bonds. The van der Waals surface area contributed by atoms with Gasteiger partial charge in [-0.25, -0.2) is 4.68 Å². The minimum Gasteiger partial charge on any atom is -0.471 e. The van der Waals surface area contributed by atoms with Gasteiger partial charge in [-0.2, -0.15) is 5.10 Å². The number of hydrogen-bond acceptors (Lipinski definition) is 3. The van der Waals surface area contributed by atoms with Crippen molar-refractivity contribution in [2.75, 3.05) is 0 Å². The SMILES string of the molecule is CC(NC(=O)c1ccn(COc2ccccc2)n1)C1CC2CCC1C2. The Labute approximate surface area is 148 Å². The Morgan fingerprint density at radius 3 is 2.84 bits per heavy atom. The summed E-state index contributed by atoms with van der Waals surface area (Å²) in [5.74, 6) is 3.02. The lowest BCUT2D eigenvalue weighted by molar-refractivity contribution is 0.0908. The molecule has 2 aliphatic carbocycles. The first kappa shape index (κ1) is 16.2. The summed E-state index contributed by atoms with van der Waals surface area (Å²) < 4.78 is 7.29. The summed E-state index contributed by atoms with van der Waals surface area (Å²) in [4.78, 5) is 12.5.